The van der Waals surface area contributed by atoms with Crippen molar-refractivity contribution in [2.45, 2.75) is 77.2 Å². The van der Waals surface area contributed by atoms with Crippen LogP contribution in [0, 0.1) is 17.8 Å². The van der Waals surface area contributed by atoms with E-state index in [1.54, 1.807) is 0 Å². The van der Waals surface area contributed by atoms with Gasteiger partial charge in [0, 0.05) is 0 Å². The second-order valence-corrected chi connectivity index (χ2v) is 6.16. The molecule has 0 radical (unpaired) electrons. The Morgan fingerprint density at radius 1 is 0.938 bits per heavy atom. The van der Waals surface area contributed by atoms with Crippen molar-refractivity contribution in [1.82, 2.24) is 0 Å². The quantitative estimate of drug-likeness (QED) is 0.711. The third-order valence-electron chi connectivity index (χ3n) is 4.91. The van der Waals surface area contributed by atoms with Gasteiger partial charge in [0.05, 0.1) is 6.10 Å². The normalized spacial score (nSPS) is 39.4. The highest BCUT2D eigenvalue weighted by Gasteiger charge is 2.34. The number of aliphatic hydroxyl groups is 1. The van der Waals surface area contributed by atoms with Crippen molar-refractivity contribution in [3.8, 4) is 0 Å². The molecule has 2 saturated carbocycles. The van der Waals surface area contributed by atoms with Crippen molar-refractivity contribution >= 4 is 0 Å². The van der Waals surface area contributed by atoms with Crippen LogP contribution >= 0.6 is 0 Å². The lowest BCUT2D eigenvalue weighted by Crippen LogP contribution is -2.33. The first kappa shape index (κ1) is 12.4. The van der Waals surface area contributed by atoms with Crippen LogP contribution in [-0.4, -0.2) is 11.2 Å². The van der Waals surface area contributed by atoms with Crippen molar-refractivity contribution in [2.24, 2.45) is 17.8 Å². The van der Waals surface area contributed by atoms with Gasteiger partial charge in [-0.2, -0.15) is 0 Å². The molecule has 94 valence electrons. The van der Waals surface area contributed by atoms with E-state index in [2.05, 4.69) is 6.92 Å². The minimum Gasteiger partial charge on any atom is -0.393 e. The molecule has 0 aliphatic heterocycles. The lowest BCUT2D eigenvalue weighted by Gasteiger charge is -2.41. The fourth-order valence-corrected chi connectivity index (χ4v) is 3.91. The van der Waals surface area contributed by atoms with Crippen LogP contribution in [0.15, 0.2) is 0 Å². The highest BCUT2D eigenvalue weighted by atomic mass is 16.3. The lowest BCUT2D eigenvalue weighted by molar-refractivity contribution is 0.0331. The molecule has 0 aromatic carbocycles. The third-order valence-corrected chi connectivity index (χ3v) is 4.91. The highest BCUT2D eigenvalue weighted by molar-refractivity contribution is 4.85. The number of rotatable bonds is 4. The Labute approximate surface area is 101 Å². The molecule has 2 fully saturated rings. The summed E-state index contributed by atoms with van der Waals surface area (Å²) in [6.07, 6.45) is 13.5. The van der Waals surface area contributed by atoms with E-state index in [9.17, 15) is 5.11 Å². The van der Waals surface area contributed by atoms with Gasteiger partial charge in [-0.15, -0.1) is 0 Å². The summed E-state index contributed by atoms with van der Waals surface area (Å²) in [5.74, 6) is 2.81. The molecule has 4 unspecified atom stereocenters. The van der Waals surface area contributed by atoms with Crippen molar-refractivity contribution in [1.29, 1.82) is 0 Å². The van der Waals surface area contributed by atoms with Gasteiger partial charge in [-0.3, -0.25) is 0 Å². The maximum Gasteiger partial charge on any atom is 0.0543 e. The molecular formula is C15H28O. The Balaban J connectivity index is 1.74. The van der Waals surface area contributed by atoms with Crippen LogP contribution in [0.4, 0.5) is 0 Å². The Bertz CT molecular complexity index is 200. The van der Waals surface area contributed by atoms with Gasteiger partial charge >= 0.3 is 0 Å². The molecule has 16 heavy (non-hydrogen) atoms. The third kappa shape index (κ3) is 3.23. The minimum atomic E-state index is 0.0237. The van der Waals surface area contributed by atoms with Gasteiger partial charge in [-0.25, -0.2) is 0 Å². The largest absolute Gasteiger partial charge is 0.393 e. The monoisotopic (exact) mass is 224 g/mol. The van der Waals surface area contributed by atoms with Gasteiger partial charge in [0.1, 0.15) is 0 Å². The summed E-state index contributed by atoms with van der Waals surface area (Å²) in [6, 6.07) is 0. The zero-order valence-electron chi connectivity index (χ0n) is 10.8. The van der Waals surface area contributed by atoms with Crippen molar-refractivity contribution in [2.75, 3.05) is 0 Å². The number of hydrogen-bond donors (Lipinski definition) is 1. The second-order valence-electron chi connectivity index (χ2n) is 6.16. The predicted molar refractivity (Wildman–Crippen MR) is 68.3 cm³/mol. The maximum absolute atomic E-state index is 9.75. The zero-order valence-corrected chi connectivity index (χ0v) is 10.8. The van der Waals surface area contributed by atoms with Crippen LogP contribution in [0.1, 0.15) is 71.1 Å². The van der Waals surface area contributed by atoms with Crippen LogP contribution in [-0.2, 0) is 0 Å². The van der Waals surface area contributed by atoms with Crippen LogP contribution in [0.3, 0.4) is 0 Å². The summed E-state index contributed by atoms with van der Waals surface area (Å²) in [6.45, 7) is 2.29. The standard InChI is InChI=1S/C15H28O/c1-2-3-4-5-12-6-7-13-8-9-15(16)11-14(13)10-12/h12-16H,2-11H2,1H3. The van der Waals surface area contributed by atoms with Gasteiger partial charge in [0.25, 0.3) is 0 Å². The number of fused-ring (bicyclic) bond motifs is 1. The van der Waals surface area contributed by atoms with Crippen molar-refractivity contribution in [3.63, 3.8) is 0 Å². The number of aliphatic hydroxyl groups excluding tert-OH is 1. The number of unbranched alkanes of at least 4 members (excludes halogenated alkanes) is 2. The minimum absolute atomic E-state index is 0.0237. The smallest absolute Gasteiger partial charge is 0.0543 e. The van der Waals surface area contributed by atoms with Crippen LogP contribution in [0.25, 0.3) is 0 Å². The SMILES string of the molecule is CCCCCC1CCC2CCC(O)CC2C1. The molecule has 1 N–H and O–H groups in total. The molecule has 4 atom stereocenters. The van der Waals surface area contributed by atoms with E-state index in [0.717, 1.165) is 30.6 Å². The summed E-state index contributed by atoms with van der Waals surface area (Å²) in [5.41, 5.74) is 0. The molecule has 0 aromatic heterocycles. The van der Waals surface area contributed by atoms with Crippen LogP contribution in [0.2, 0.25) is 0 Å². The Morgan fingerprint density at radius 3 is 2.56 bits per heavy atom. The molecular weight excluding hydrogens is 196 g/mol. The first-order valence-corrected chi connectivity index (χ1v) is 7.47. The van der Waals surface area contributed by atoms with Crippen molar-refractivity contribution < 1.29 is 5.11 Å². The predicted octanol–water partition coefficient (Wildman–Crippen LogP) is 4.14. The highest BCUT2D eigenvalue weighted by Crippen LogP contribution is 2.43. The first-order valence-electron chi connectivity index (χ1n) is 7.47. The Morgan fingerprint density at radius 2 is 1.75 bits per heavy atom. The summed E-state index contributed by atoms with van der Waals surface area (Å²) in [4.78, 5) is 0. The van der Waals surface area contributed by atoms with Crippen molar-refractivity contribution in [3.05, 3.63) is 0 Å². The van der Waals surface area contributed by atoms with E-state index in [4.69, 9.17) is 0 Å². The zero-order chi connectivity index (χ0) is 11.4. The average Bonchev–Trinajstić information content (AvgIpc) is 2.29. The van der Waals surface area contributed by atoms with Gasteiger partial charge in [0.15, 0.2) is 0 Å². The molecule has 0 saturated heterocycles. The lowest BCUT2D eigenvalue weighted by atomic mass is 9.66. The molecule has 2 aliphatic carbocycles. The van der Waals surface area contributed by atoms with E-state index >= 15 is 0 Å². The van der Waals surface area contributed by atoms with Crippen LogP contribution in [0.5, 0.6) is 0 Å². The molecule has 0 spiro atoms. The molecule has 0 heterocycles. The van der Waals surface area contributed by atoms with Gasteiger partial charge in [-0.1, -0.05) is 39.0 Å². The first-order chi connectivity index (χ1) is 7.79. The molecule has 0 bridgehead atoms. The number of hydrogen-bond acceptors (Lipinski definition) is 1. The van der Waals surface area contributed by atoms with Gasteiger partial charge in [-0.05, 0) is 49.9 Å². The fraction of sp³-hybridized carbons (Fsp3) is 1.00. The molecule has 1 heteroatoms. The second kappa shape index (κ2) is 6.05. The molecule has 0 amide bonds. The van der Waals surface area contributed by atoms with Gasteiger partial charge in [0.2, 0.25) is 0 Å². The molecule has 1 nitrogen and oxygen atoms in total. The summed E-state index contributed by atoms with van der Waals surface area (Å²) >= 11 is 0. The van der Waals surface area contributed by atoms with E-state index < -0.39 is 0 Å². The molecule has 2 rings (SSSR count). The molecule has 2 aliphatic rings. The van der Waals surface area contributed by atoms with E-state index in [0.29, 0.717) is 0 Å². The average molecular weight is 224 g/mol. The topological polar surface area (TPSA) is 20.2 Å². The Hall–Kier alpha value is -0.0400. The Kier molecular flexibility index (Phi) is 4.69. The summed E-state index contributed by atoms with van der Waals surface area (Å²) in [7, 11) is 0. The van der Waals surface area contributed by atoms with Crippen LogP contribution < -0.4 is 0 Å². The summed E-state index contributed by atoms with van der Waals surface area (Å²) < 4.78 is 0. The molecule has 0 aromatic rings. The summed E-state index contributed by atoms with van der Waals surface area (Å²) in [5, 5.41) is 9.75. The fourth-order valence-electron chi connectivity index (χ4n) is 3.91. The van der Waals surface area contributed by atoms with Gasteiger partial charge < -0.3 is 5.11 Å². The van der Waals surface area contributed by atoms with E-state index in [1.807, 2.05) is 0 Å². The van der Waals surface area contributed by atoms with E-state index in [1.165, 1.54) is 51.4 Å². The van der Waals surface area contributed by atoms with E-state index in [-0.39, 0.29) is 6.10 Å². The maximum atomic E-state index is 9.75.